The van der Waals surface area contributed by atoms with Gasteiger partial charge in [0, 0.05) is 49.3 Å². The summed E-state index contributed by atoms with van der Waals surface area (Å²) in [6.07, 6.45) is 0. The summed E-state index contributed by atoms with van der Waals surface area (Å²) in [6, 6.07) is 67.2. The van der Waals surface area contributed by atoms with E-state index >= 15 is 0 Å². The number of hydrogen-bond acceptors (Lipinski definition) is 2. The largest absolute Gasteiger partial charge is 0.456 e. The van der Waals surface area contributed by atoms with Crippen LogP contribution in [0.4, 0.5) is 0 Å². The highest BCUT2D eigenvalue weighted by Gasteiger charge is 2.25. The van der Waals surface area contributed by atoms with E-state index in [1.54, 1.807) is 0 Å². The smallest absolute Gasteiger partial charge is 0.143 e. The SMILES string of the molecule is c1ccc(-c2oc3cc4c(cc3c2-c2c3ccccc3c(-c3ccc5c(c3)c3ccccc3n5-c3ccccc3)c3ccccc23)oc2ccccc24)cc1. The molecule has 55 heavy (non-hydrogen) atoms. The summed E-state index contributed by atoms with van der Waals surface area (Å²) in [7, 11) is 0. The second-order valence-corrected chi connectivity index (χ2v) is 14.4. The molecule has 3 aromatic heterocycles. The lowest BCUT2D eigenvalue weighted by molar-refractivity contribution is 0.632. The Kier molecular flexibility index (Phi) is 6.34. The molecule has 3 heterocycles. The van der Waals surface area contributed by atoms with Crippen LogP contribution in [-0.4, -0.2) is 4.57 Å². The molecule has 0 saturated carbocycles. The van der Waals surface area contributed by atoms with Crippen molar-refractivity contribution in [3.8, 4) is 39.3 Å². The molecule has 0 aliphatic rings. The lowest BCUT2D eigenvalue weighted by Crippen LogP contribution is -1.93. The van der Waals surface area contributed by atoms with E-state index in [0.29, 0.717) is 0 Å². The minimum Gasteiger partial charge on any atom is -0.456 e. The minimum atomic E-state index is 0.838. The van der Waals surface area contributed by atoms with Gasteiger partial charge in [-0.3, -0.25) is 0 Å². The predicted octanol–water partition coefficient (Wildman–Crippen LogP) is 14.7. The Hall–Kier alpha value is -7.36. The van der Waals surface area contributed by atoms with Crippen LogP contribution < -0.4 is 0 Å². The maximum Gasteiger partial charge on any atom is 0.143 e. The summed E-state index contributed by atoms with van der Waals surface area (Å²) in [4.78, 5) is 0. The van der Waals surface area contributed by atoms with Crippen LogP contribution >= 0.6 is 0 Å². The number of aromatic nitrogens is 1. The molecule has 0 N–H and O–H groups in total. The maximum atomic E-state index is 6.96. The van der Waals surface area contributed by atoms with Crippen LogP contribution in [0.5, 0.6) is 0 Å². The van der Waals surface area contributed by atoms with Crippen LogP contribution in [0.1, 0.15) is 0 Å². The van der Waals surface area contributed by atoms with Crippen molar-refractivity contribution in [3.05, 3.63) is 188 Å². The number of para-hydroxylation sites is 3. The Labute approximate surface area is 315 Å². The normalized spacial score (nSPS) is 12.0. The zero-order valence-electron chi connectivity index (χ0n) is 29.7. The molecule has 0 aliphatic heterocycles. The molecule has 0 fully saturated rings. The molecular weight excluding hydrogens is 671 g/mol. The van der Waals surface area contributed by atoms with Crippen LogP contribution in [0, 0.1) is 0 Å². The van der Waals surface area contributed by atoms with Gasteiger partial charge in [0.15, 0.2) is 0 Å². The van der Waals surface area contributed by atoms with Gasteiger partial charge in [0.25, 0.3) is 0 Å². The summed E-state index contributed by atoms with van der Waals surface area (Å²) in [5.41, 5.74) is 11.8. The monoisotopic (exact) mass is 701 g/mol. The number of benzene rings is 9. The van der Waals surface area contributed by atoms with E-state index < -0.39 is 0 Å². The van der Waals surface area contributed by atoms with Crippen molar-refractivity contribution in [2.75, 3.05) is 0 Å². The summed E-state index contributed by atoms with van der Waals surface area (Å²) in [5.74, 6) is 0.853. The molecule has 0 unspecified atom stereocenters. The predicted molar refractivity (Wildman–Crippen MR) is 229 cm³/mol. The Balaban J connectivity index is 1.18. The molecule has 0 aliphatic carbocycles. The molecule has 12 aromatic rings. The quantitative estimate of drug-likeness (QED) is 0.171. The third kappa shape index (κ3) is 4.38. The molecular formula is C52H31NO2. The number of rotatable bonds is 4. The number of furan rings is 2. The van der Waals surface area contributed by atoms with Gasteiger partial charge in [0.05, 0.1) is 11.0 Å². The molecule has 256 valence electrons. The maximum absolute atomic E-state index is 6.96. The van der Waals surface area contributed by atoms with Gasteiger partial charge in [0.1, 0.15) is 22.5 Å². The number of fused-ring (bicyclic) bond motifs is 9. The molecule has 9 aromatic carbocycles. The van der Waals surface area contributed by atoms with E-state index in [-0.39, 0.29) is 0 Å². The van der Waals surface area contributed by atoms with E-state index in [1.165, 1.54) is 54.5 Å². The van der Waals surface area contributed by atoms with Gasteiger partial charge in [-0.1, -0.05) is 140 Å². The van der Waals surface area contributed by atoms with Gasteiger partial charge in [0.2, 0.25) is 0 Å². The van der Waals surface area contributed by atoms with E-state index in [0.717, 1.165) is 61.0 Å². The van der Waals surface area contributed by atoms with Crippen molar-refractivity contribution in [2.45, 2.75) is 0 Å². The van der Waals surface area contributed by atoms with Crippen molar-refractivity contribution in [1.29, 1.82) is 0 Å². The Bertz CT molecular complexity index is 3420. The second kappa shape index (κ2) is 11.6. The molecule has 3 nitrogen and oxygen atoms in total. The van der Waals surface area contributed by atoms with Crippen LogP contribution in [-0.2, 0) is 0 Å². The van der Waals surface area contributed by atoms with E-state index in [9.17, 15) is 0 Å². The fourth-order valence-corrected chi connectivity index (χ4v) is 9.05. The third-order valence-electron chi connectivity index (χ3n) is 11.4. The van der Waals surface area contributed by atoms with Crippen LogP contribution in [0.25, 0.3) is 116 Å². The summed E-state index contributed by atoms with van der Waals surface area (Å²) in [6.45, 7) is 0. The Morgan fingerprint density at radius 3 is 1.56 bits per heavy atom. The minimum absolute atomic E-state index is 0.838. The Morgan fingerprint density at radius 1 is 0.291 bits per heavy atom. The molecule has 0 bridgehead atoms. The van der Waals surface area contributed by atoms with E-state index in [2.05, 4.69) is 180 Å². The molecule has 0 spiro atoms. The lowest BCUT2D eigenvalue weighted by atomic mass is 9.84. The first-order valence-electron chi connectivity index (χ1n) is 18.8. The zero-order valence-corrected chi connectivity index (χ0v) is 29.7. The van der Waals surface area contributed by atoms with Gasteiger partial charge in [-0.25, -0.2) is 0 Å². The van der Waals surface area contributed by atoms with Crippen molar-refractivity contribution in [3.63, 3.8) is 0 Å². The molecule has 3 heteroatoms. The molecule has 0 radical (unpaired) electrons. The molecule has 12 rings (SSSR count). The first kappa shape index (κ1) is 30.1. The van der Waals surface area contributed by atoms with Gasteiger partial charge in [-0.2, -0.15) is 0 Å². The second-order valence-electron chi connectivity index (χ2n) is 14.4. The van der Waals surface area contributed by atoms with Crippen molar-refractivity contribution < 1.29 is 8.83 Å². The third-order valence-corrected chi connectivity index (χ3v) is 11.4. The van der Waals surface area contributed by atoms with Crippen LogP contribution in [0.3, 0.4) is 0 Å². The standard InChI is InChI=1S/C52H31NO2/c1-3-15-32(16-4-1)52-51(43-31-47-42(30-48(43)55-52)36-20-12-14-26-46(36)54-47)50-39-23-9-7-21-37(39)49(38-22-8-10-24-40(38)50)33-27-28-45-41(29-33)35-19-11-13-25-44(35)53(45)34-17-5-2-6-18-34/h1-31H. The van der Waals surface area contributed by atoms with Crippen molar-refractivity contribution in [1.82, 2.24) is 4.57 Å². The van der Waals surface area contributed by atoms with Gasteiger partial charge >= 0.3 is 0 Å². The highest BCUT2D eigenvalue weighted by Crippen LogP contribution is 2.51. The molecule has 0 atom stereocenters. The van der Waals surface area contributed by atoms with Crippen LogP contribution in [0.2, 0.25) is 0 Å². The molecule has 0 amide bonds. The lowest BCUT2D eigenvalue weighted by Gasteiger charge is -2.18. The average molecular weight is 702 g/mol. The first-order valence-corrected chi connectivity index (χ1v) is 18.8. The fraction of sp³-hybridized carbons (Fsp3) is 0. The first-order chi connectivity index (χ1) is 27.3. The highest BCUT2D eigenvalue weighted by molar-refractivity contribution is 6.26. The number of hydrogen-bond donors (Lipinski definition) is 0. The van der Waals surface area contributed by atoms with E-state index in [4.69, 9.17) is 8.83 Å². The number of nitrogens with zero attached hydrogens (tertiary/aromatic N) is 1. The van der Waals surface area contributed by atoms with E-state index in [1.807, 2.05) is 12.1 Å². The average Bonchev–Trinajstić information content (AvgIpc) is 3.91. The Morgan fingerprint density at radius 2 is 0.836 bits per heavy atom. The van der Waals surface area contributed by atoms with Crippen molar-refractivity contribution >= 4 is 76.3 Å². The fourth-order valence-electron chi connectivity index (χ4n) is 9.05. The van der Waals surface area contributed by atoms with Gasteiger partial charge < -0.3 is 13.4 Å². The summed E-state index contributed by atoms with van der Waals surface area (Å²) in [5, 5.41) is 10.4. The van der Waals surface area contributed by atoms with Crippen molar-refractivity contribution in [2.24, 2.45) is 0 Å². The van der Waals surface area contributed by atoms with Gasteiger partial charge in [-0.15, -0.1) is 0 Å². The topological polar surface area (TPSA) is 31.2 Å². The summed E-state index contributed by atoms with van der Waals surface area (Å²) >= 11 is 0. The van der Waals surface area contributed by atoms with Gasteiger partial charge in [-0.05, 0) is 81.2 Å². The summed E-state index contributed by atoms with van der Waals surface area (Å²) < 4.78 is 15.8. The molecule has 0 saturated heterocycles. The zero-order chi connectivity index (χ0) is 36.0. The van der Waals surface area contributed by atoms with Crippen LogP contribution in [0.15, 0.2) is 197 Å². The highest BCUT2D eigenvalue weighted by atomic mass is 16.3.